The fourth-order valence-corrected chi connectivity index (χ4v) is 1.55. The van der Waals surface area contributed by atoms with Crippen LogP contribution in [-0.2, 0) is 14.6 Å². The molecule has 1 atom stereocenters. The van der Waals surface area contributed by atoms with Crippen molar-refractivity contribution in [2.24, 2.45) is 0 Å². The number of benzene rings is 1. The molecule has 0 bridgehead atoms. The summed E-state index contributed by atoms with van der Waals surface area (Å²) in [4.78, 5) is 32.3. The van der Waals surface area contributed by atoms with Crippen LogP contribution >= 0.6 is 0 Å². The van der Waals surface area contributed by atoms with E-state index in [0.29, 0.717) is 12.0 Å². The van der Waals surface area contributed by atoms with Gasteiger partial charge in [0, 0.05) is 0 Å². The van der Waals surface area contributed by atoms with E-state index in [0.717, 1.165) is 12.8 Å². The van der Waals surface area contributed by atoms with Crippen LogP contribution in [-0.4, -0.2) is 25.0 Å². The Morgan fingerprint density at radius 1 is 1.21 bits per heavy atom. The number of carbonyl (C=O) groups excluding carboxylic acids is 2. The first-order chi connectivity index (χ1) is 9.19. The lowest BCUT2D eigenvalue weighted by Gasteiger charge is -2.12. The zero-order valence-corrected chi connectivity index (χ0v) is 11.2. The number of carbonyl (C=O) groups is 2. The van der Waals surface area contributed by atoms with Gasteiger partial charge in [-0.25, -0.2) is 19.4 Å². The third kappa shape index (κ3) is 5.09. The average Bonchev–Trinajstić information content (AvgIpc) is 2.46. The third-order valence-corrected chi connectivity index (χ3v) is 2.69. The van der Waals surface area contributed by atoms with Gasteiger partial charge in [0.1, 0.15) is 6.04 Å². The number of unbranched alkanes of at least 4 members (excludes halogenated alkanes) is 1. The van der Waals surface area contributed by atoms with Crippen molar-refractivity contribution in [3.63, 3.8) is 0 Å². The van der Waals surface area contributed by atoms with E-state index in [9.17, 15) is 9.59 Å². The van der Waals surface area contributed by atoms with Gasteiger partial charge < -0.3 is 5.32 Å². The van der Waals surface area contributed by atoms with Crippen LogP contribution in [0.1, 0.15) is 36.5 Å². The molecular formula is C14H19NO4. The van der Waals surface area contributed by atoms with Gasteiger partial charge in [-0.15, -0.1) is 0 Å². The van der Waals surface area contributed by atoms with Crippen LogP contribution < -0.4 is 5.32 Å². The normalized spacial score (nSPS) is 11.7. The summed E-state index contributed by atoms with van der Waals surface area (Å²) in [5, 5.41) is 2.83. The first-order valence-electron chi connectivity index (χ1n) is 6.34. The summed E-state index contributed by atoms with van der Waals surface area (Å²) in [7, 11) is 1.67. The number of hydrogen-bond donors (Lipinski definition) is 1. The SMILES string of the molecule is CCCCC(NC)C(=O)OOC(=O)c1ccccc1. The molecule has 0 spiro atoms. The van der Waals surface area contributed by atoms with Gasteiger partial charge in [0.2, 0.25) is 0 Å². The summed E-state index contributed by atoms with van der Waals surface area (Å²) in [6.07, 6.45) is 2.53. The van der Waals surface area contributed by atoms with Crippen LogP contribution in [0.5, 0.6) is 0 Å². The summed E-state index contributed by atoms with van der Waals surface area (Å²) < 4.78 is 0. The Kier molecular flexibility index (Phi) is 6.60. The molecular weight excluding hydrogens is 246 g/mol. The largest absolute Gasteiger partial charge is 0.386 e. The summed E-state index contributed by atoms with van der Waals surface area (Å²) in [5.74, 6) is -1.26. The maximum absolute atomic E-state index is 11.7. The lowest BCUT2D eigenvalue weighted by atomic mass is 10.1. The molecule has 1 aromatic rings. The molecule has 0 aliphatic carbocycles. The Morgan fingerprint density at radius 3 is 2.47 bits per heavy atom. The summed E-state index contributed by atoms with van der Waals surface area (Å²) >= 11 is 0. The summed E-state index contributed by atoms with van der Waals surface area (Å²) in [5.41, 5.74) is 0.338. The van der Waals surface area contributed by atoms with Crippen molar-refractivity contribution in [2.45, 2.75) is 32.2 Å². The van der Waals surface area contributed by atoms with Gasteiger partial charge in [-0.2, -0.15) is 0 Å². The molecule has 5 nitrogen and oxygen atoms in total. The van der Waals surface area contributed by atoms with E-state index in [1.165, 1.54) is 0 Å². The van der Waals surface area contributed by atoms with Gasteiger partial charge in [0.05, 0.1) is 5.56 Å². The first kappa shape index (κ1) is 15.2. The van der Waals surface area contributed by atoms with E-state index in [2.05, 4.69) is 15.1 Å². The molecule has 1 N–H and O–H groups in total. The molecule has 19 heavy (non-hydrogen) atoms. The molecule has 0 fully saturated rings. The van der Waals surface area contributed by atoms with Crippen molar-refractivity contribution < 1.29 is 19.4 Å². The third-order valence-electron chi connectivity index (χ3n) is 2.69. The van der Waals surface area contributed by atoms with E-state index < -0.39 is 18.0 Å². The van der Waals surface area contributed by atoms with Gasteiger partial charge >= 0.3 is 11.9 Å². The number of likely N-dealkylation sites (N-methyl/N-ethyl adjacent to an activating group) is 1. The quantitative estimate of drug-likeness (QED) is 0.630. The van der Waals surface area contributed by atoms with Crippen LogP contribution in [0.15, 0.2) is 30.3 Å². The molecule has 1 aromatic carbocycles. The second-order valence-electron chi connectivity index (χ2n) is 4.12. The first-order valence-corrected chi connectivity index (χ1v) is 6.34. The second kappa shape index (κ2) is 8.26. The molecule has 104 valence electrons. The molecule has 0 aromatic heterocycles. The van der Waals surface area contributed by atoms with Crippen molar-refractivity contribution in [3.05, 3.63) is 35.9 Å². The Bertz CT molecular complexity index is 405. The zero-order chi connectivity index (χ0) is 14.1. The number of rotatable bonds is 6. The number of hydrogen-bond acceptors (Lipinski definition) is 5. The topological polar surface area (TPSA) is 64.6 Å². The van der Waals surface area contributed by atoms with Crippen LogP contribution in [0.3, 0.4) is 0 Å². The van der Waals surface area contributed by atoms with Gasteiger partial charge in [0.15, 0.2) is 0 Å². The van der Waals surface area contributed by atoms with E-state index in [-0.39, 0.29) is 0 Å². The highest BCUT2D eigenvalue weighted by Gasteiger charge is 2.20. The number of nitrogens with one attached hydrogen (secondary N) is 1. The summed E-state index contributed by atoms with van der Waals surface area (Å²) in [6, 6.07) is 7.91. The lowest BCUT2D eigenvalue weighted by Crippen LogP contribution is -2.35. The molecule has 0 aliphatic heterocycles. The minimum Gasteiger partial charge on any atom is -0.307 e. The highest BCUT2D eigenvalue weighted by molar-refractivity contribution is 5.89. The van der Waals surface area contributed by atoms with Crippen molar-refractivity contribution in [1.82, 2.24) is 5.32 Å². The van der Waals surface area contributed by atoms with Gasteiger partial charge in [-0.05, 0) is 25.6 Å². The van der Waals surface area contributed by atoms with E-state index >= 15 is 0 Å². The average molecular weight is 265 g/mol. The fourth-order valence-electron chi connectivity index (χ4n) is 1.55. The molecule has 0 aliphatic rings. The van der Waals surface area contributed by atoms with Crippen molar-refractivity contribution >= 4 is 11.9 Å². The Morgan fingerprint density at radius 2 is 1.89 bits per heavy atom. The molecule has 0 saturated carbocycles. The van der Waals surface area contributed by atoms with Gasteiger partial charge in [-0.1, -0.05) is 38.0 Å². The molecule has 0 heterocycles. The second-order valence-corrected chi connectivity index (χ2v) is 4.12. The maximum atomic E-state index is 11.7. The van der Waals surface area contributed by atoms with Gasteiger partial charge in [0.25, 0.3) is 0 Å². The minimum absolute atomic E-state index is 0.338. The predicted molar refractivity (Wildman–Crippen MR) is 70.3 cm³/mol. The van der Waals surface area contributed by atoms with E-state index in [1.807, 2.05) is 6.92 Å². The Labute approximate surface area is 112 Å². The van der Waals surface area contributed by atoms with Gasteiger partial charge in [-0.3, -0.25) is 0 Å². The van der Waals surface area contributed by atoms with Crippen LogP contribution in [0.2, 0.25) is 0 Å². The molecule has 0 saturated heterocycles. The fraction of sp³-hybridized carbons (Fsp3) is 0.429. The molecule has 0 radical (unpaired) electrons. The standard InChI is InChI=1S/C14H19NO4/c1-3-4-10-12(15-2)14(17)19-18-13(16)11-8-6-5-7-9-11/h5-9,12,15H,3-4,10H2,1-2H3. The molecule has 0 amide bonds. The predicted octanol–water partition coefficient (Wildman–Crippen LogP) is 2.08. The zero-order valence-electron chi connectivity index (χ0n) is 11.2. The van der Waals surface area contributed by atoms with E-state index in [1.54, 1.807) is 37.4 Å². The highest BCUT2D eigenvalue weighted by atomic mass is 17.2. The monoisotopic (exact) mass is 265 g/mol. The van der Waals surface area contributed by atoms with Crippen molar-refractivity contribution in [3.8, 4) is 0 Å². The van der Waals surface area contributed by atoms with Crippen LogP contribution in [0.4, 0.5) is 0 Å². The molecule has 1 rings (SSSR count). The molecule has 1 unspecified atom stereocenters. The smallest absolute Gasteiger partial charge is 0.307 e. The molecule has 5 heteroatoms. The van der Waals surface area contributed by atoms with Crippen molar-refractivity contribution in [2.75, 3.05) is 7.05 Å². The van der Waals surface area contributed by atoms with Crippen LogP contribution in [0.25, 0.3) is 0 Å². The summed E-state index contributed by atoms with van der Waals surface area (Å²) in [6.45, 7) is 2.04. The maximum Gasteiger partial charge on any atom is 0.386 e. The Balaban J connectivity index is 2.43. The van der Waals surface area contributed by atoms with Crippen LogP contribution in [0, 0.1) is 0 Å². The van der Waals surface area contributed by atoms with E-state index in [4.69, 9.17) is 0 Å². The Hall–Kier alpha value is -1.88. The lowest BCUT2D eigenvalue weighted by molar-refractivity contribution is -0.236. The minimum atomic E-state index is -0.681. The highest BCUT2D eigenvalue weighted by Crippen LogP contribution is 2.05. The van der Waals surface area contributed by atoms with Crippen molar-refractivity contribution in [1.29, 1.82) is 0 Å².